The zero-order valence-electron chi connectivity index (χ0n) is 17.2. The van der Waals surface area contributed by atoms with E-state index in [1.165, 1.54) is 6.21 Å². The molecule has 0 saturated carbocycles. The first-order valence-corrected chi connectivity index (χ1v) is 10.6. The van der Waals surface area contributed by atoms with E-state index < -0.39 is 18.0 Å². The summed E-state index contributed by atoms with van der Waals surface area (Å²) < 4.78 is 10.6. The summed E-state index contributed by atoms with van der Waals surface area (Å²) in [5.74, 6) is 0.410. The van der Waals surface area contributed by atoms with Gasteiger partial charge in [0.25, 0.3) is 5.91 Å². The van der Waals surface area contributed by atoms with E-state index in [2.05, 4.69) is 15.8 Å². The van der Waals surface area contributed by atoms with E-state index in [4.69, 9.17) is 32.4 Å². The van der Waals surface area contributed by atoms with E-state index in [1.807, 2.05) is 30.3 Å². The predicted octanol–water partition coefficient (Wildman–Crippen LogP) is 5.06. The fourth-order valence-electron chi connectivity index (χ4n) is 2.86. The minimum atomic E-state index is -0.869. The number of hydrogen-bond acceptors (Lipinski definition) is 5. The lowest BCUT2D eigenvalue weighted by molar-refractivity contribution is -0.123. The standard InChI is InChI=1S/C23H21Cl2N3O4/c1-2-31-23(30)27-20(12-15-6-4-3-5-7-15)22(29)28-26-14-17-9-11-21(32-17)18-13-16(24)8-10-19(18)25/h3-11,13-14,20H,2,12H2,1H3,(H,27,30)(H,28,29)/b26-14-/t20-/m0/s1. The Morgan fingerprint density at radius 2 is 1.91 bits per heavy atom. The number of carbonyl (C=O) groups excluding carboxylic acids is 2. The van der Waals surface area contributed by atoms with Crippen LogP contribution in [-0.4, -0.2) is 30.9 Å². The smallest absolute Gasteiger partial charge is 0.407 e. The van der Waals surface area contributed by atoms with Crippen LogP contribution in [0.2, 0.25) is 10.0 Å². The van der Waals surface area contributed by atoms with Gasteiger partial charge < -0.3 is 14.5 Å². The van der Waals surface area contributed by atoms with E-state index in [-0.39, 0.29) is 13.0 Å². The minimum Gasteiger partial charge on any atom is -0.455 e. The molecule has 0 spiro atoms. The van der Waals surface area contributed by atoms with Crippen molar-refractivity contribution in [2.75, 3.05) is 6.61 Å². The number of alkyl carbamates (subject to hydrolysis) is 1. The molecule has 166 valence electrons. The van der Waals surface area contributed by atoms with Crippen LogP contribution in [0.1, 0.15) is 18.2 Å². The molecule has 1 heterocycles. The zero-order valence-corrected chi connectivity index (χ0v) is 18.7. The molecule has 0 aliphatic rings. The molecular weight excluding hydrogens is 453 g/mol. The summed E-state index contributed by atoms with van der Waals surface area (Å²) in [4.78, 5) is 24.5. The molecule has 0 aliphatic heterocycles. The average molecular weight is 474 g/mol. The molecule has 0 unspecified atom stereocenters. The van der Waals surface area contributed by atoms with Crippen molar-refractivity contribution in [3.63, 3.8) is 0 Å². The summed E-state index contributed by atoms with van der Waals surface area (Å²) in [6.07, 6.45) is 0.949. The zero-order chi connectivity index (χ0) is 22.9. The molecule has 0 radical (unpaired) electrons. The largest absolute Gasteiger partial charge is 0.455 e. The molecule has 9 heteroatoms. The Morgan fingerprint density at radius 1 is 1.12 bits per heavy atom. The van der Waals surface area contributed by atoms with Gasteiger partial charge in [0.15, 0.2) is 0 Å². The number of halogens is 2. The normalized spacial score (nSPS) is 11.8. The van der Waals surface area contributed by atoms with Crippen molar-refractivity contribution in [1.29, 1.82) is 0 Å². The summed E-state index contributed by atoms with van der Waals surface area (Å²) in [5, 5.41) is 7.51. The molecule has 3 aromatic rings. The SMILES string of the molecule is CCOC(=O)N[C@@H](Cc1ccccc1)C(=O)N/N=C\c1ccc(-c2cc(Cl)ccc2Cl)o1. The number of rotatable bonds is 8. The van der Waals surface area contributed by atoms with E-state index in [0.717, 1.165) is 5.56 Å². The lowest BCUT2D eigenvalue weighted by Gasteiger charge is -2.16. The molecule has 0 saturated heterocycles. The average Bonchev–Trinajstić information content (AvgIpc) is 3.24. The van der Waals surface area contributed by atoms with Gasteiger partial charge >= 0.3 is 6.09 Å². The molecule has 0 bridgehead atoms. The van der Waals surface area contributed by atoms with Gasteiger partial charge in [-0.05, 0) is 42.8 Å². The second kappa shape index (κ2) is 11.4. The van der Waals surface area contributed by atoms with Gasteiger partial charge in [-0.2, -0.15) is 5.10 Å². The van der Waals surface area contributed by atoms with Crippen molar-refractivity contribution >= 4 is 41.4 Å². The molecule has 2 N–H and O–H groups in total. The van der Waals surface area contributed by atoms with Crippen LogP contribution in [0, 0.1) is 0 Å². The summed E-state index contributed by atoms with van der Waals surface area (Å²) in [6, 6.07) is 16.9. The highest BCUT2D eigenvalue weighted by molar-refractivity contribution is 6.35. The van der Waals surface area contributed by atoms with Crippen LogP contribution in [0.3, 0.4) is 0 Å². The fourth-order valence-corrected chi connectivity index (χ4v) is 3.25. The Hall–Kier alpha value is -3.29. The number of carbonyl (C=O) groups is 2. The van der Waals surface area contributed by atoms with Crippen LogP contribution in [0.25, 0.3) is 11.3 Å². The van der Waals surface area contributed by atoms with Crippen molar-refractivity contribution in [1.82, 2.24) is 10.7 Å². The van der Waals surface area contributed by atoms with Crippen molar-refractivity contribution in [3.8, 4) is 11.3 Å². The molecule has 0 fully saturated rings. The summed E-state index contributed by atoms with van der Waals surface area (Å²) in [5.41, 5.74) is 3.94. The van der Waals surface area contributed by atoms with E-state index in [0.29, 0.717) is 27.1 Å². The van der Waals surface area contributed by atoms with Gasteiger partial charge in [0.1, 0.15) is 17.6 Å². The van der Waals surface area contributed by atoms with Crippen LogP contribution in [0.5, 0.6) is 0 Å². The number of nitrogens with one attached hydrogen (secondary N) is 2. The lowest BCUT2D eigenvalue weighted by atomic mass is 10.1. The maximum absolute atomic E-state index is 12.6. The Labute approximate surface area is 195 Å². The molecule has 1 aromatic heterocycles. The van der Waals surface area contributed by atoms with Gasteiger partial charge in [-0.3, -0.25) is 4.79 Å². The Kier molecular flexibility index (Phi) is 8.30. The highest BCUT2D eigenvalue weighted by Gasteiger charge is 2.21. The van der Waals surface area contributed by atoms with Crippen LogP contribution in [-0.2, 0) is 16.0 Å². The van der Waals surface area contributed by atoms with E-state index in [9.17, 15) is 9.59 Å². The maximum atomic E-state index is 12.6. The third-order valence-electron chi connectivity index (χ3n) is 4.35. The molecule has 2 aromatic carbocycles. The number of benzene rings is 2. The van der Waals surface area contributed by atoms with E-state index >= 15 is 0 Å². The molecular formula is C23H21Cl2N3O4. The molecule has 7 nitrogen and oxygen atoms in total. The first-order chi connectivity index (χ1) is 15.5. The van der Waals surface area contributed by atoms with Crippen LogP contribution < -0.4 is 10.7 Å². The summed E-state index contributed by atoms with van der Waals surface area (Å²) >= 11 is 12.2. The molecule has 2 amide bonds. The van der Waals surface area contributed by atoms with Crippen LogP contribution in [0.15, 0.2) is 70.2 Å². The second-order valence-electron chi connectivity index (χ2n) is 6.67. The highest BCUT2D eigenvalue weighted by Crippen LogP contribution is 2.31. The molecule has 3 rings (SSSR count). The Balaban J connectivity index is 1.66. The highest BCUT2D eigenvalue weighted by atomic mass is 35.5. The van der Waals surface area contributed by atoms with Crippen LogP contribution >= 0.6 is 23.2 Å². The molecule has 0 aliphatic carbocycles. The topological polar surface area (TPSA) is 92.9 Å². The van der Waals surface area contributed by atoms with Gasteiger partial charge in [0, 0.05) is 17.0 Å². The third-order valence-corrected chi connectivity index (χ3v) is 4.92. The molecule has 32 heavy (non-hydrogen) atoms. The quantitative estimate of drug-likeness (QED) is 0.353. The number of nitrogens with zero attached hydrogens (tertiary/aromatic N) is 1. The van der Waals surface area contributed by atoms with E-state index in [1.54, 1.807) is 37.3 Å². The van der Waals surface area contributed by atoms with Gasteiger partial charge in [-0.25, -0.2) is 10.2 Å². The first kappa shape index (κ1) is 23.4. The predicted molar refractivity (Wildman–Crippen MR) is 124 cm³/mol. The van der Waals surface area contributed by atoms with Gasteiger partial charge in [0.05, 0.1) is 17.8 Å². The monoisotopic (exact) mass is 473 g/mol. The fraction of sp³-hybridized carbons (Fsp3) is 0.174. The maximum Gasteiger partial charge on any atom is 0.407 e. The summed E-state index contributed by atoms with van der Waals surface area (Å²) in [6.45, 7) is 1.88. The first-order valence-electron chi connectivity index (χ1n) is 9.81. The second-order valence-corrected chi connectivity index (χ2v) is 7.51. The number of amides is 2. The summed E-state index contributed by atoms with van der Waals surface area (Å²) in [7, 11) is 0. The van der Waals surface area contributed by atoms with Crippen molar-refractivity contribution in [3.05, 3.63) is 82.0 Å². The molecule has 1 atom stereocenters. The Bertz CT molecular complexity index is 1100. The number of ether oxygens (including phenoxy) is 1. The lowest BCUT2D eigenvalue weighted by Crippen LogP contribution is -2.47. The van der Waals surface area contributed by atoms with Crippen molar-refractivity contribution in [2.45, 2.75) is 19.4 Å². The minimum absolute atomic E-state index is 0.196. The number of hydrogen-bond donors (Lipinski definition) is 2. The van der Waals surface area contributed by atoms with Gasteiger partial charge in [0.2, 0.25) is 0 Å². The van der Waals surface area contributed by atoms with Gasteiger partial charge in [-0.1, -0.05) is 53.5 Å². The van der Waals surface area contributed by atoms with Crippen LogP contribution in [0.4, 0.5) is 4.79 Å². The van der Waals surface area contributed by atoms with Crippen molar-refractivity contribution < 1.29 is 18.7 Å². The van der Waals surface area contributed by atoms with Gasteiger partial charge in [-0.15, -0.1) is 0 Å². The Morgan fingerprint density at radius 3 is 2.66 bits per heavy atom. The third kappa shape index (κ3) is 6.60. The number of furan rings is 1. The van der Waals surface area contributed by atoms with Crippen molar-refractivity contribution in [2.24, 2.45) is 5.10 Å². The number of hydrazone groups is 1.